The van der Waals surface area contributed by atoms with Crippen LogP contribution < -0.4 is 14.3 Å². The zero-order valence-corrected chi connectivity index (χ0v) is 13.4. The van der Waals surface area contributed by atoms with Crippen molar-refractivity contribution in [1.29, 1.82) is 0 Å². The summed E-state index contributed by atoms with van der Waals surface area (Å²) in [5.74, 6) is -0.223. The Morgan fingerprint density at radius 3 is 2.29 bits per heavy atom. The number of benzene rings is 2. The summed E-state index contributed by atoms with van der Waals surface area (Å²) < 4.78 is 45.5. The zero-order valence-electron chi connectivity index (χ0n) is 12.6. The maximum absolute atomic E-state index is 12.7. The first-order valence-corrected chi connectivity index (χ1v) is 8.01. The Bertz CT molecular complexity index is 1130. The van der Waals surface area contributed by atoms with E-state index in [0.29, 0.717) is 5.56 Å². The molecule has 0 atom stereocenters. The molecule has 0 saturated carbocycles. The third kappa shape index (κ3) is 2.74. The van der Waals surface area contributed by atoms with Crippen LogP contribution in [0.2, 0.25) is 0 Å². The van der Waals surface area contributed by atoms with Crippen LogP contribution in [0.15, 0.2) is 33.5 Å². The molecular weight excluding hydrogens is 340 g/mol. The molecule has 8 nitrogen and oxygen atoms in total. The van der Waals surface area contributed by atoms with E-state index in [4.69, 9.17) is 13.7 Å². The smallest absolute Gasteiger partial charge is 0.446 e. The molecule has 24 heavy (non-hydrogen) atoms. The van der Waals surface area contributed by atoms with E-state index in [9.17, 15) is 18.3 Å². The minimum absolute atomic E-state index is 0.0187. The van der Waals surface area contributed by atoms with Crippen molar-refractivity contribution in [3.05, 3.63) is 40.1 Å². The van der Waals surface area contributed by atoms with Crippen LogP contribution in [0, 0.1) is 6.92 Å². The van der Waals surface area contributed by atoms with Crippen LogP contribution in [-0.2, 0) is 10.4 Å². The Morgan fingerprint density at radius 2 is 1.67 bits per heavy atom. The topological polar surface area (TPSA) is 123 Å². The Balaban J connectivity index is 2.40. The second-order valence-corrected chi connectivity index (χ2v) is 6.10. The molecule has 1 aromatic heterocycles. The van der Waals surface area contributed by atoms with E-state index in [1.54, 1.807) is 6.92 Å². The molecule has 1 heterocycles. The summed E-state index contributed by atoms with van der Waals surface area (Å²) in [6, 6.07) is 5.13. The number of methoxy groups -OCH3 is 1. The van der Waals surface area contributed by atoms with Crippen molar-refractivity contribution in [2.24, 2.45) is 0 Å². The molecule has 9 heteroatoms. The summed E-state index contributed by atoms with van der Waals surface area (Å²) in [6.07, 6.45) is 0. The van der Waals surface area contributed by atoms with Gasteiger partial charge in [0.2, 0.25) is 5.43 Å². The Morgan fingerprint density at radius 1 is 1.04 bits per heavy atom. The average Bonchev–Trinajstić information content (AvgIpc) is 2.43. The van der Waals surface area contributed by atoms with Gasteiger partial charge >= 0.3 is 10.4 Å². The predicted octanol–water partition coefficient (Wildman–Crippen LogP) is 2.15. The van der Waals surface area contributed by atoms with Gasteiger partial charge in [-0.15, -0.1) is 0 Å². The first-order chi connectivity index (χ1) is 11.2. The molecule has 2 N–H and O–H groups in total. The second kappa shape index (κ2) is 5.39. The molecular formula is C15H12O8S. The van der Waals surface area contributed by atoms with Gasteiger partial charge in [-0.3, -0.25) is 9.35 Å². The molecule has 3 aromatic rings. The van der Waals surface area contributed by atoms with Crippen molar-refractivity contribution in [3.63, 3.8) is 0 Å². The molecule has 0 saturated heterocycles. The first kappa shape index (κ1) is 16.1. The highest BCUT2D eigenvalue weighted by atomic mass is 32.3. The molecule has 2 aromatic carbocycles. The normalized spacial score (nSPS) is 11.8. The molecule has 0 spiro atoms. The summed E-state index contributed by atoms with van der Waals surface area (Å²) in [6.45, 7) is 1.54. The van der Waals surface area contributed by atoms with Gasteiger partial charge in [0.1, 0.15) is 33.8 Å². The third-order valence-corrected chi connectivity index (χ3v) is 3.84. The highest BCUT2D eigenvalue weighted by Gasteiger charge is 2.17. The van der Waals surface area contributed by atoms with E-state index in [2.05, 4.69) is 4.18 Å². The zero-order chi connectivity index (χ0) is 17.6. The van der Waals surface area contributed by atoms with Gasteiger partial charge in [0.05, 0.1) is 12.5 Å². The van der Waals surface area contributed by atoms with E-state index >= 15 is 0 Å². The number of aromatic hydroxyl groups is 1. The monoisotopic (exact) mass is 352 g/mol. The fourth-order valence-corrected chi connectivity index (χ4v) is 2.85. The van der Waals surface area contributed by atoms with Crippen LogP contribution in [0.5, 0.6) is 17.2 Å². The summed E-state index contributed by atoms with van der Waals surface area (Å²) in [4.78, 5) is 12.7. The lowest BCUT2D eigenvalue weighted by molar-refractivity contribution is 0.387. The lowest BCUT2D eigenvalue weighted by atomic mass is 10.1. The number of fused-ring (bicyclic) bond motifs is 2. The van der Waals surface area contributed by atoms with Crippen molar-refractivity contribution in [3.8, 4) is 17.2 Å². The third-order valence-electron chi connectivity index (χ3n) is 3.44. The van der Waals surface area contributed by atoms with Crippen molar-refractivity contribution in [2.45, 2.75) is 6.92 Å². The number of hydrogen-bond donors (Lipinski definition) is 2. The van der Waals surface area contributed by atoms with Gasteiger partial charge in [0.25, 0.3) is 0 Å². The van der Waals surface area contributed by atoms with Crippen LogP contribution >= 0.6 is 0 Å². The minimum atomic E-state index is -4.71. The van der Waals surface area contributed by atoms with Gasteiger partial charge in [0.15, 0.2) is 0 Å². The van der Waals surface area contributed by atoms with E-state index < -0.39 is 15.8 Å². The average molecular weight is 352 g/mol. The molecule has 0 aliphatic rings. The first-order valence-electron chi connectivity index (χ1n) is 6.64. The van der Waals surface area contributed by atoms with Crippen LogP contribution in [0.25, 0.3) is 21.9 Å². The SMILES string of the molecule is COc1cc(O)c2c(=O)c3c(C)cc(OS(=O)(=O)O)cc3oc2c1. The van der Waals surface area contributed by atoms with Gasteiger partial charge in [-0.1, -0.05) is 0 Å². The van der Waals surface area contributed by atoms with Crippen LogP contribution in [0.3, 0.4) is 0 Å². The molecule has 0 bridgehead atoms. The quantitative estimate of drug-likeness (QED) is 0.543. The number of phenolic OH excluding ortho intramolecular Hbond substituents is 1. The number of aryl methyl sites for hydroxylation is 1. The molecule has 0 aliphatic heterocycles. The molecule has 3 rings (SSSR count). The highest BCUT2D eigenvalue weighted by Crippen LogP contribution is 2.32. The number of rotatable bonds is 3. The summed E-state index contributed by atoms with van der Waals surface area (Å²) in [5, 5.41) is 10.2. The van der Waals surface area contributed by atoms with Gasteiger partial charge in [-0.25, -0.2) is 0 Å². The van der Waals surface area contributed by atoms with E-state index in [-0.39, 0.29) is 39.2 Å². The molecule has 0 amide bonds. The van der Waals surface area contributed by atoms with E-state index in [0.717, 1.165) is 6.07 Å². The van der Waals surface area contributed by atoms with Crippen molar-refractivity contribution < 1.29 is 31.4 Å². The largest absolute Gasteiger partial charge is 0.507 e. The maximum Gasteiger partial charge on any atom is 0.446 e. The fourth-order valence-electron chi connectivity index (χ4n) is 2.51. The van der Waals surface area contributed by atoms with Crippen LogP contribution in [0.1, 0.15) is 5.56 Å². The fraction of sp³-hybridized carbons (Fsp3) is 0.133. The van der Waals surface area contributed by atoms with E-state index in [1.807, 2.05) is 0 Å². The lowest BCUT2D eigenvalue weighted by Gasteiger charge is -2.09. The van der Waals surface area contributed by atoms with Gasteiger partial charge in [0, 0.05) is 18.2 Å². The Labute approximate surface area is 135 Å². The van der Waals surface area contributed by atoms with Gasteiger partial charge < -0.3 is 18.4 Å². The number of phenols is 1. The van der Waals surface area contributed by atoms with Crippen LogP contribution in [0.4, 0.5) is 0 Å². The summed E-state index contributed by atoms with van der Waals surface area (Å²) in [5.41, 5.74) is -0.0223. The molecule has 0 aliphatic carbocycles. The van der Waals surface area contributed by atoms with Gasteiger partial charge in [-0.2, -0.15) is 8.42 Å². The van der Waals surface area contributed by atoms with Crippen molar-refractivity contribution in [2.75, 3.05) is 7.11 Å². The number of ether oxygens (including phenoxy) is 1. The predicted molar refractivity (Wildman–Crippen MR) is 85.1 cm³/mol. The molecule has 126 valence electrons. The minimum Gasteiger partial charge on any atom is -0.507 e. The van der Waals surface area contributed by atoms with Crippen molar-refractivity contribution >= 4 is 32.3 Å². The lowest BCUT2D eigenvalue weighted by Crippen LogP contribution is -2.08. The number of hydrogen-bond acceptors (Lipinski definition) is 7. The summed E-state index contributed by atoms with van der Waals surface area (Å²) >= 11 is 0. The maximum atomic E-state index is 12.7. The molecule has 0 radical (unpaired) electrons. The molecule has 0 unspecified atom stereocenters. The van der Waals surface area contributed by atoms with Crippen LogP contribution in [-0.4, -0.2) is 25.2 Å². The second-order valence-electron chi connectivity index (χ2n) is 5.08. The van der Waals surface area contributed by atoms with E-state index in [1.165, 1.54) is 25.3 Å². The van der Waals surface area contributed by atoms with Crippen molar-refractivity contribution in [1.82, 2.24) is 0 Å². The Hall–Kier alpha value is -2.78. The molecule has 0 fully saturated rings. The summed E-state index contributed by atoms with van der Waals surface area (Å²) in [7, 11) is -3.32. The Kier molecular flexibility index (Phi) is 3.61. The van der Waals surface area contributed by atoms with Gasteiger partial charge in [-0.05, 0) is 18.6 Å². The standard InChI is InChI=1S/C15H12O8S/c1-7-3-9(23-24(18,19)20)6-11-13(7)15(17)14-10(16)4-8(21-2)5-12(14)22-11/h3-6,16H,1-2H3,(H,18,19,20). The highest BCUT2D eigenvalue weighted by molar-refractivity contribution is 7.81.